The number of hydrogen-bond acceptors (Lipinski definition) is 10. The Labute approximate surface area is 250 Å². The van der Waals surface area contributed by atoms with Gasteiger partial charge in [-0.3, -0.25) is 18.9 Å². The second kappa shape index (κ2) is 14.1. The average molecular weight is 618 g/mol. The molecule has 0 bridgehead atoms. The molecule has 1 aromatic carbocycles. The second-order valence-corrected chi connectivity index (χ2v) is 12.2. The number of carbonyl (C=O) groups is 3. The number of anilines is 2. The zero-order chi connectivity index (χ0) is 31.1. The monoisotopic (exact) mass is 617 g/mol. The molecule has 0 saturated carbocycles. The number of unbranched alkanes of at least 4 members (excludes halogenated alkanes) is 1. The van der Waals surface area contributed by atoms with Crippen molar-refractivity contribution < 1.29 is 32.1 Å². The van der Waals surface area contributed by atoms with Crippen LogP contribution in [0.5, 0.6) is 0 Å². The first-order valence-corrected chi connectivity index (χ1v) is 16.0. The lowest BCUT2D eigenvalue weighted by Gasteiger charge is -2.37. The number of fused-ring (bicyclic) bond motifs is 3. The van der Waals surface area contributed by atoms with Gasteiger partial charge in [0.2, 0.25) is 11.8 Å². The minimum Gasteiger partial charge on any atom is -0.382 e. The molecule has 1 fully saturated rings. The van der Waals surface area contributed by atoms with E-state index in [1.54, 1.807) is 0 Å². The quantitative estimate of drug-likeness (QED) is 0.151. The lowest BCUT2D eigenvalue weighted by atomic mass is 10.1. The first-order chi connectivity index (χ1) is 20.4. The number of Topliss-reactive ketones (excluding diaryl/α,β-unsaturated/α-hetero) is 1. The van der Waals surface area contributed by atoms with Crippen molar-refractivity contribution in [1.29, 1.82) is 0 Å². The number of H-pyrrole nitrogens is 1. The molecule has 5 N–H and O–H groups in total. The summed E-state index contributed by atoms with van der Waals surface area (Å²) in [4.78, 5) is 52.9. The highest BCUT2D eigenvalue weighted by molar-refractivity contribution is 7.85. The first-order valence-electron chi connectivity index (χ1n) is 14.4. The predicted octanol–water partition coefficient (Wildman–Crippen LogP) is 1.44. The van der Waals surface area contributed by atoms with Gasteiger partial charge >= 0.3 is 0 Å². The van der Waals surface area contributed by atoms with Gasteiger partial charge in [-0.2, -0.15) is 8.42 Å². The zero-order valence-corrected chi connectivity index (χ0v) is 25.3. The highest BCUT2D eigenvalue weighted by Gasteiger charge is 2.32. The van der Waals surface area contributed by atoms with E-state index in [4.69, 9.17) is 15.5 Å². The molecule has 2 amide bonds. The summed E-state index contributed by atoms with van der Waals surface area (Å²) in [5.74, 6) is -0.927. The van der Waals surface area contributed by atoms with Crippen molar-refractivity contribution in [2.75, 3.05) is 55.8 Å². The number of carbonyl (C=O) groups excluding carboxylic acids is 3. The van der Waals surface area contributed by atoms with Crippen molar-refractivity contribution in [2.45, 2.75) is 52.0 Å². The zero-order valence-electron chi connectivity index (χ0n) is 24.5. The number of piperazine rings is 1. The van der Waals surface area contributed by atoms with Gasteiger partial charge in [-0.25, -0.2) is 9.97 Å². The Morgan fingerprint density at radius 3 is 2.53 bits per heavy atom. The fourth-order valence-corrected chi connectivity index (χ4v) is 5.65. The Balaban J connectivity index is 1.41. The van der Waals surface area contributed by atoms with E-state index in [2.05, 4.69) is 27.1 Å². The van der Waals surface area contributed by atoms with Gasteiger partial charge in [-0.1, -0.05) is 13.3 Å². The van der Waals surface area contributed by atoms with E-state index in [-0.39, 0.29) is 44.9 Å². The fraction of sp³-hybridized carbons (Fsp3) is 0.536. The number of nitrogens with two attached hydrogens (primary N) is 1. The number of benzene rings is 1. The molecule has 0 radical (unpaired) electrons. The Morgan fingerprint density at radius 1 is 1.14 bits per heavy atom. The molecule has 0 spiro atoms. The molecule has 2 aromatic heterocycles. The van der Waals surface area contributed by atoms with Crippen LogP contribution in [0.4, 0.5) is 11.5 Å². The highest BCUT2D eigenvalue weighted by atomic mass is 32.2. The van der Waals surface area contributed by atoms with E-state index in [9.17, 15) is 27.4 Å². The van der Waals surface area contributed by atoms with Crippen LogP contribution in [-0.2, 0) is 35.7 Å². The number of ketones is 1. The van der Waals surface area contributed by atoms with E-state index in [0.29, 0.717) is 24.4 Å². The third kappa shape index (κ3) is 8.61. The Morgan fingerprint density at radius 2 is 1.86 bits per heavy atom. The molecular weight excluding hydrogens is 578 g/mol. The maximum atomic E-state index is 13.3. The first kappa shape index (κ1) is 32.1. The number of nitrogens with zero attached hydrogens (tertiary/aromatic N) is 4. The molecule has 234 valence electrons. The van der Waals surface area contributed by atoms with E-state index in [0.717, 1.165) is 47.2 Å². The molecule has 0 unspecified atom stereocenters. The molecule has 4 rings (SSSR count). The minimum atomic E-state index is -4.56. The van der Waals surface area contributed by atoms with Crippen molar-refractivity contribution >= 4 is 61.2 Å². The molecule has 3 aromatic rings. The molecule has 43 heavy (non-hydrogen) atoms. The van der Waals surface area contributed by atoms with Crippen LogP contribution in [0.25, 0.3) is 21.9 Å². The Bertz CT molecular complexity index is 1580. The van der Waals surface area contributed by atoms with Crippen LogP contribution >= 0.6 is 0 Å². The Hall–Kier alpha value is -3.82. The van der Waals surface area contributed by atoms with Crippen molar-refractivity contribution in [2.24, 2.45) is 0 Å². The van der Waals surface area contributed by atoms with Crippen molar-refractivity contribution in [1.82, 2.24) is 25.2 Å². The number of aromatic nitrogens is 3. The number of nitrogens with one attached hydrogen (secondary N) is 2. The standard InChI is InChI=1S/C28H39N7O7S/c1-3-4-5-23-32-25-20-16-19(6-7-21(20)31-27(29)26(25)33-23)34-10-12-35(13-11-34)28(38)22(17-43(39,40)41)30-24(37)9-15-42-14-8-18(2)36/h6-7,16,22H,3-5,8-15,17H2,1-2H3,(H2,29,31)(H,30,37)(H,32,33)(H,39,40,41)/t22-/m0/s1. The van der Waals surface area contributed by atoms with Crippen LogP contribution in [0.2, 0.25) is 0 Å². The number of rotatable bonds is 14. The molecule has 0 aliphatic carbocycles. The van der Waals surface area contributed by atoms with E-state index < -0.39 is 33.7 Å². The SMILES string of the molecule is CCCCc1nc2c([nH]1)c(N)nc1ccc(N3CCN(C(=O)[C@H](CS(=O)(=O)O)NC(=O)CCOCCC(C)=O)CC3)cc12. The smallest absolute Gasteiger partial charge is 0.267 e. The van der Waals surface area contributed by atoms with E-state index in [1.165, 1.54) is 11.8 Å². The number of aromatic amines is 1. The van der Waals surface area contributed by atoms with Gasteiger partial charge < -0.3 is 30.6 Å². The van der Waals surface area contributed by atoms with Crippen LogP contribution < -0.4 is 16.0 Å². The maximum Gasteiger partial charge on any atom is 0.267 e. The Kier molecular flexibility index (Phi) is 10.5. The minimum absolute atomic E-state index is 0.00305. The molecular formula is C28H39N7O7S. The third-order valence-corrected chi connectivity index (χ3v) is 8.05. The summed E-state index contributed by atoms with van der Waals surface area (Å²) in [6.07, 6.45) is 2.95. The molecule has 3 heterocycles. The predicted molar refractivity (Wildman–Crippen MR) is 162 cm³/mol. The molecule has 1 aliphatic rings. The van der Waals surface area contributed by atoms with Gasteiger partial charge in [0, 0.05) is 56.5 Å². The fourth-order valence-electron chi connectivity index (χ4n) is 5.00. The van der Waals surface area contributed by atoms with Gasteiger partial charge in [-0.05, 0) is 31.5 Å². The number of ether oxygens (including phenoxy) is 1. The summed E-state index contributed by atoms with van der Waals surface area (Å²) in [7, 11) is -4.56. The second-order valence-electron chi connectivity index (χ2n) is 10.7. The van der Waals surface area contributed by atoms with Crippen molar-refractivity contribution in [3.8, 4) is 0 Å². The number of hydrogen-bond donors (Lipinski definition) is 4. The maximum absolute atomic E-state index is 13.3. The van der Waals surface area contributed by atoms with Crippen LogP contribution in [0.15, 0.2) is 18.2 Å². The number of aryl methyl sites for hydroxylation is 1. The number of pyridine rings is 1. The summed E-state index contributed by atoms with van der Waals surface area (Å²) in [5.41, 5.74) is 9.31. The van der Waals surface area contributed by atoms with Crippen LogP contribution in [0.1, 0.15) is 45.4 Å². The van der Waals surface area contributed by atoms with Crippen LogP contribution in [0, 0.1) is 0 Å². The summed E-state index contributed by atoms with van der Waals surface area (Å²) >= 11 is 0. The lowest BCUT2D eigenvalue weighted by Crippen LogP contribution is -2.56. The molecule has 1 atom stereocenters. The van der Waals surface area contributed by atoms with Crippen LogP contribution in [-0.4, -0.2) is 102 Å². The topological polar surface area (TPSA) is 201 Å². The van der Waals surface area contributed by atoms with Gasteiger partial charge in [0.1, 0.15) is 40.3 Å². The summed E-state index contributed by atoms with van der Waals surface area (Å²) in [6, 6.07) is 4.38. The van der Waals surface area contributed by atoms with Crippen molar-refractivity contribution in [3.63, 3.8) is 0 Å². The van der Waals surface area contributed by atoms with Gasteiger partial charge in [0.15, 0.2) is 0 Å². The largest absolute Gasteiger partial charge is 0.382 e. The highest BCUT2D eigenvalue weighted by Crippen LogP contribution is 2.30. The number of nitrogen functional groups attached to an aromatic ring is 1. The van der Waals surface area contributed by atoms with Gasteiger partial charge in [0.25, 0.3) is 10.1 Å². The van der Waals surface area contributed by atoms with Crippen LogP contribution in [0.3, 0.4) is 0 Å². The summed E-state index contributed by atoms with van der Waals surface area (Å²) in [6.45, 7) is 5.19. The van der Waals surface area contributed by atoms with E-state index >= 15 is 0 Å². The normalized spacial score (nSPS) is 14.8. The molecule has 1 saturated heterocycles. The van der Waals surface area contributed by atoms with Crippen molar-refractivity contribution in [3.05, 3.63) is 24.0 Å². The lowest BCUT2D eigenvalue weighted by molar-refractivity contribution is -0.136. The molecule has 1 aliphatic heterocycles. The average Bonchev–Trinajstić information content (AvgIpc) is 3.39. The molecule has 15 heteroatoms. The van der Waals surface area contributed by atoms with Gasteiger partial charge in [0.05, 0.1) is 18.7 Å². The number of imidazole rings is 1. The number of amides is 2. The summed E-state index contributed by atoms with van der Waals surface area (Å²) in [5, 5.41) is 3.27. The third-order valence-electron chi connectivity index (χ3n) is 7.29. The molecule has 14 nitrogen and oxygen atoms in total. The van der Waals surface area contributed by atoms with E-state index in [1.807, 2.05) is 18.2 Å². The van der Waals surface area contributed by atoms with Gasteiger partial charge in [-0.15, -0.1) is 0 Å². The summed E-state index contributed by atoms with van der Waals surface area (Å²) < 4.78 is 37.9.